The van der Waals surface area contributed by atoms with Gasteiger partial charge in [-0.1, -0.05) is 24.1 Å². The lowest BCUT2D eigenvalue weighted by molar-refractivity contribution is -0.144. The van der Waals surface area contributed by atoms with Gasteiger partial charge in [-0.2, -0.15) is 15.1 Å². The summed E-state index contributed by atoms with van der Waals surface area (Å²) in [4.78, 5) is 24.9. The molecule has 5 N–H and O–H groups in total. The predicted octanol–water partition coefficient (Wildman–Crippen LogP) is 2.33. The van der Waals surface area contributed by atoms with Crippen LogP contribution in [-0.2, 0) is 23.4 Å². The molecule has 1 aromatic carbocycles. The monoisotopic (exact) mass is 603 g/mol. The van der Waals surface area contributed by atoms with Gasteiger partial charge < -0.3 is 30.2 Å². The van der Waals surface area contributed by atoms with E-state index in [2.05, 4.69) is 25.4 Å². The summed E-state index contributed by atoms with van der Waals surface area (Å²) in [6.07, 6.45) is 3.77. The number of nitrogens with one attached hydrogen (secondary N) is 2. The van der Waals surface area contributed by atoms with Crippen LogP contribution in [0.1, 0.15) is 32.9 Å². The summed E-state index contributed by atoms with van der Waals surface area (Å²) in [6.45, 7) is 2.49. The summed E-state index contributed by atoms with van der Waals surface area (Å²) >= 11 is 0. The minimum absolute atomic E-state index is 0.0863. The van der Waals surface area contributed by atoms with Crippen molar-refractivity contribution in [3.8, 4) is 18.1 Å². The molecule has 1 aliphatic heterocycles. The quantitative estimate of drug-likeness (QED) is 0.134. The van der Waals surface area contributed by atoms with Gasteiger partial charge in [-0.05, 0) is 38.8 Å². The Morgan fingerprint density at radius 2 is 2.12 bits per heavy atom. The van der Waals surface area contributed by atoms with E-state index in [4.69, 9.17) is 30.7 Å². The van der Waals surface area contributed by atoms with E-state index in [1.165, 1.54) is 30.0 Å². The summed E-state index contributed by atoms with van der Waals surface area (Å²) in [6, 6.07) is 7.18. The minimum atomic E-state index is -4.32. The first-order valence-corrected chi connectivity index (χ1v) is 14.8. The number of nitrogen functional groups attached to an aromatic ring is 1. The van der Waals surface area contributed by atoms with Gasteiger partial charge in [-0.3, -0.25) is 13.9 Å². The van der Waals surface area contributed by atoms with Gasteiger partial charge in [0.25, 0.3) is 0 Å². The van der Waals surface area contributed by atoms with Crippen molar-refractivity contribution in [3.63, 3.8) is 0 Å². The number of para-hydroxylation sites is 1. The van der Waals surface area contributed by atoms with E-state index in [0.29, 0.717) is 11.3 Å². The van der Waals surface area contributed by atoms with Crippen molar-refractivity contribution in [2.24, 2.45) is 0 Å². The van der Waals surface area contributed by atoms with Crippen molar-refractivity contribution >= 4 is 36.6 Å². The topological polar surface area (TPSA) is 185 Å². The van der Waals surface area contributed by atoms with E-state index in [1.54, 1.807) is 25.1 Å². The van der Waals surface area contributed by atoms with Gasteiger partial charge in [0.2, 0.25) is 11.6 Å². The van der Waals surface area contributed by atoms with Crippen LogP contribution in [0.2, 0.25) is 0 Å². The van der Waals surface area contributed by atoms with Crippen LogP contribution < -0.4 is 20.7 Å². The number of hydrogen-bond donors (Lipinski definition) is 4. The number of fused-ring (bicyclic) bond motifs is 1. The molecule has 3 aromatic rings. The average Bonchev–Trinajstić information content (AvgIpc) is 3.62. The number of aromatic nitrogens is 4. The SMILES string of the molecule is C#C[C@@]1(F)[C@H](O)[C@@H](CO[P@@](=O)(N[C@H](C)C(=O)OCC)Oc2ccccc2)O[C@H]1n1cnc2c(NC3CC3)nc(N)nc21. The fraction of sp³-hybridized carbons (Fsp3) is 0.462. The highest BCUT2D eigenvalue weighted by molar-refractivity contribution is 7.52. The Balaban J connectivity index is 1.39. The number of imidazole rings is 1. The van der Waals surface area contributed by atoms with Crippen LogP contribution in [0.5, 0.6) is 5.75 Å². The largest absolute Gasteiger partial charge is 0.465 e. The fourth-order valence-corrected chi connectivity index (χ4v) is 5.88. The van der Waals surface area contributed by atoms with Gasteiger partial charge >= 0.3 is 13.7 Å². The lowest BCUT2D eigenvalue weighted by Crippen LogP contribution is -2.42. The van der Waals surface area contributed by atoms with Crippen molar-refractivity contribution < 1.29 is 37.4 Å². The number of anilines is 2. The Morgan fingerprint density at radius 3 is 2.79 bits per heavy atom. The van der Waals surface area contributed by atoms with Crippen LogP contribution >= 0.6 is 7.75 Å². The number of carbonyl (C=O) groups excluding carboxylic acids is 1. The number of halogens is 1. The summed E-state index contributed by atoms with van der Waals surface area (Å²) in [5.41, 5.74) is 3.57. The molecule has 0 unspecified atom stereocenters. The zero-order valence-corrected chi connectivity index (χ0v) is 23.7. The number of alkyl halides is 1. The maximum absolute atomic E-state index is 16.2. The molecule has 0 spiro atoms. The molecular formula is C26H31FN7O7P. The van der Waals surface area contributed by atoms with Gasteiger partial charge in [-0.15, -0.1) is 6.42 Å². The highest BCUT2D eigenvalue weighted by Gasteiger charge is 2.58. The fourth-order valence-electron chi connectivity index (χ4n) is 4.38. The number of terminal acetylenes is 1. The molecule has 1 saturated carbocycles. The summed E-state index contributed by atoms with van der Waals surface area (Å²) in [5.74, 6) is 1.73. The Kier molecular flexibility index (Phi) is 8.36. The van der Waals surface area contributed by atoms with Crippen LogP contribution in [0.25, 0.3) is 11.2 Å². The number of nitrogens with two attached hydrogens (primary N) is 1. The van der Waals surface area contributed by atoms with Crippen molar-refractivity contribution in [1.29, 1.82) is 0 Å². The smallest absolute Gasteiger partial charge is 0.459 e. The molecule has 2 aromatic heterocycles. The summed E-state index contributed by atoms with van der Waals surface area (Å²) < 4.78 is 53.2. The van der Waals surface area contributed by atoms with E-state index in [0.717, 1.165) is 12.8 Å². The van der Waals surface area contributed by atoms with E-state index in [-0.39, 0.29) is 30.0 Å². The Hall–Kier alpha value is -3.80. The maximum atomic E-state index is 16.2. The van der Waals surface area contributed by atoms with Gasteiger partial charge in [0.1, 0.15) is 24.0 Å². The minimum Gasteiger partial charge on any atom is -0.465 e. The first-order chi connectivity index (χ1) is 20.1. The Morgan fingerprint density at radius 1 is 1.38 bits per heavy atom. The average molecular weight is 604 g/mol. The van der Waals surface area contributed by atoms with E-state index in [9.17, 15) is 14.5 Å². The van der Waals surface area contributed by atoms with E-state index in [1.807, 2.05) is 5.92 Å². The highest BCUT2D eigenvalue weighted by atomic mass is 31.2. The molecule has 1 aliphatic carbocycles. The van der Waals surface area contributed by atoms with Crippen LogP contribution in [0, 0.1) is 12.3 Å². The second kappa shape index (κ2) is 11.8. The standard InChI is InChI=1S/C26H31FN7O7P/c1-4-26(27)20(35)18(13-39-42(37,33-15(3)23(36)38-5-2)41-17-9-7-6-8-10-17)40-24(26)34-14-29-19-21(30-16-11-12-16)31-25(28)32-22(19)34/h1,6-10,14-16,18,20,24,35H,5,11-13H2,2-3H3,(H,33,37)(H3,28,30,31,32)/t15-,18-,20-,24-,26-,42+/m1/s1. The molecule has 5 rings (SSSR count). The van der Waals surface area contributed by atoms with Gasteiger partial charge in [0.15, 0.2) is 23.2 Å². The highest BCUT2D eigenvalue weighted by Crippen LogP contribution is 2.48. The zero-order valence-electron chi connectivity index (χ0n) is 22.8. The third-order valence-corrected chi connectivity index (χ3v) is 8.29. The van der Waals surface area contributed by atoms with Crippen molar-refractivity contribution in [2.45, 2.75) is 62.9 Å². The molecule has 0 radical (unpaired) electrons. The van der Waals surface area contributed by atoms with Crippen LogP contribution in [0.15, 0.2) is 36.7 Å². The second-order valence-corrected chi connectivity index (χ2v) is 11.6. The number of aliphatic hydroxyl groups excluding tert-OH is 1. The summed E-state index contributed by atoms with van der Waals surface area (Å²) in [5, 5.41) is 16.7. The maximum Gasteiger partial charge on any atom is 0.459 e. The Labute approximate surface area is 240 Å². The van der Waals surface area contributed by atoms with Crippen LogP contribution in [0.4, 0.5) is 16.2 Å². The van der Waals surface area contributed by atoms with Crippen molar-refractivity contribution in [3.05, 3.63) is 36.7 Å². The molecule has 1 saturated heterocycles. The molecule has 0 amide bonds. The third-order valence-electron chi connectivity index (χ3n) is 6.65. The number of aliphatic hydroxyl groups is 1. The zero-order chi connectivity index (χ0) is 30.1. The van der Waals surface area contributed by atoms with Gasteiger partial charge in [-0.25, -0.2) is 13.9 Å². The van der Waals surface area contributed by atoms with Crippen LogP contribution in [-0.4, -0.2) is 73.8 Å². The molecule has 2 aliphatic rings. The molecule has 224 valence electrons. The Bertz CT molecular complexity index is 1530. The number of benzene rings is 1. The molecule has 0 bridgehead atoms. The van der Waals surface area contributed by atoms with E-state index < -0.39 is 50.5 Å². The molecule has 16 heteroatoms. The molecule has 14 nitrogen and oxygen atoms in total. The summed E-state index contributed by atoms with van der Waals surface area (Å²) in [7, 11) is -4.32. The predicted molar refractivity (Wildman–Crippen MR) is 149 cm³/mol. The van der Waals surface area contributed by atoms with Crippen LogP contribution in [0.3, 0.4) is 0 Å². The van der Waals surface area contributed by atoms with Gasteiger partial charge in [0, 0.05) is 6.04 Å². The first-order valence-electron chi connectivity index (χ1n) is 13.3. The normalized spacial score (nSPS) is 25.8. The third kappa shape index (κ3) is 6.04. The van der Waals surface area contributed by atoms with Gasteiger partial charge in [0.05, 0.1) is 19.5 Å². The molecule has 3 heterocycles. The number of rotatable bonds is 12. The molecule has 42 heavy (non-hydrogen) atoms. The second-order valence-electron chi connectivity index (χ2n) is 9.86. The number of ether oxygens (including phenoxy) is 2. The van der Waals surface area contributed by atoms with Crippen molar-refractivity contribution in [2.75, 3.05) is 24.3 Å². The lowest BCUT2D eigenvalue weighted by atomic mass is 9.97. The molecule has 2 fully saturated rings. The molecular weight excluding hydrogens is 572 g/mol. The number of hydrogen-bond acceptors (Lipinski definition) is 12. The number of carbonyl (C=O) groups is 1. The van der Waals surface area contributed by atoms with Crippen molar-refractivity contribution in [1.82, 2.24) is 24.6 Å². The van der Waals surface area contributed by atoms with E-state index >= 15 is 4.39 Å². The number of esters is 1. The number of nitrogens with zero attached hydrogens (tertiary/aromatic N) is 4. The lowest BCUT2D eigenvalue weighted by Gasteiger charge is -2.25. The first kappa shape index (κ1) is 29.7. The molecule has 6 atom stereocenters.